The Balaban J connectivity index is 1.90. The van der Waals surface area contributed by atoms with Gasteiger partial charge in [0, 0.05) is 24.6 Å². The van der Waals surface area contributed by atoms with Crippen LogP contribution in [0.4, 0.5) is 0 Å². The van der Waals surface area contributed by atoms with Crippen LogP contribution in [0.5, 0.6) is 0 Å². The van der Waals surface area contributed by atoms with Crippen molar-refractivity contribution in [1.29, 1.82) is 0 Å². The van der Waals surface area contributed by atoms with E-state index in [4.69, 9.17) is 0 Å². The SMILES string of the molecule is CN1C2CCC1C(CO)[C@@H](c1ccccc1)C2. The monoisotopic (exact) mass is 231 g/mol. The van der Waals surface area contributed by atoms with Gasteiger partial charge in [0.1, 0.15) is 0 Å². The molecule has 17 heavy (non-hydrogen) atoms. The van der Waals surface area contributed by atoms with Crippen molar-refractivity contribution in [1.82, 2.24) is 4.90 Å². The van der Waals surface area contributed by atoms with Gasteiger partial charge in [-0.3, -0.25) is 0 Å². The van der Waals surface area contributed by atoms with Gasteiger partial charge in [-0.15, -0.1) is 0 Å². The van der Waals surface area contributed by atoms with Gasteiger partial charge in [0.15, 0.2) is 0 Å². The van der Waals surface area contributed by atoms with Gasteiger partial charge in [-0.2, -0.15) is 0 Å². The number of fused-ring (bicyclic) bond motifs is 2. The minimum absolute atomic E-state index is 0.321. The van der Waals surface area contributed by atoms with E-state index in [0.717, 1.165) is 6.04 Å². The minimum Gasteiger partial charge on any atom is -0.396 e. The van der Waals surface area contributed by atoms with Crippen molar-refractivity contribution in [2.75, 3.05) is 13.7 Å². The van der Waals surface area contributed by atoms with Crippen molar-refractivity contribution in [2.24, 2.45) is 5.92 Å². The lowest BCUT2D eigenvalue weighted by molar-refractivity contribution is 0.0592. The van der Waals surface area contributed by atoms with E-state index in [0.29, 0.717) is 24.5 Å². The van der Waals surface area contributed by atoms with Crippen LogP contribution in [-0.2, 0) is 0 Å². The van der Waals surface area contributed by atoms with Crippen LogP contribution in [0, 0.1) is 5.92 Å². The second-order valence-corrected chi connectivity index (χ2v) is 5.56. The van der Waals surface area contributed by atoms with Gasteiger partial charge in [-0.05, 0) is 37.8 Å². The molecule has 1 aromatic rings. The lowest BCUT2D eigenvalue weighted by Gasteiger charge is -2.42. The summed E-state index contributed by atoms with van der Waals surface area (Å²) in [7, 11) is 2.23. The Labute approximate surface area is 103 Å². The maximum Gasteiger partial charge on any atom is 0.0480 e. The molecule has 92 valence electrons. The van der Waals surface area contributed by atoms with Gasteiger partial charge in [0.2, 0.25) is 0 Å². The van der Waals surface area contributed by atoms with Crippen molar-refractivity contribution < 1.29 is 5.11 Å². The fraction of sp³-hybridized carbons (Fsp3) is 0.600. The molecule has 1 N–H and O–H groups in total. The first kappa shape index (κ1) is 11.2. The molecule has 2 fully saturated rings. The van der Waals surface area contributed by atoms with Crippen LogP contribution in [-0.4, -0.2) is 35.7 Å². The van der Waals surface area contributed by atoms with Crippen LogP contribution in [0.3, 0.4) is 0 Å². The Hall–Kier alpha value is -0.860. The standard InChI is InChI=1S/C15H21NO/c1-16-12-7-8-15(16)14(10-17)13(9-12)11-5-3-2-4-6-11/h2-6,12-15,17H,7-10H2,1H3/t12?,13-,14?,15?/m1/s1. The molecule has 2 heteroatoms. The van der Waals surface area contributed by atoms with Crippen LogP contribution in [0.15, 0.2) is 30.3 Å². The molecular formula is C15H21NO. The number of hydrogen-bond donors (Lipinski definition) is 1. The molecule has 2 saturated heterocycles. The van der Waals surface area contributed by atoms with Crippen LogP contribution in [0.2, 0.25) is 0 Å². The summed E-state index contributed by atoms with van der Waals surface area (Å²) in [4.78, 5) is 2.50. The number of aliphatic hydroxyl groups excluding tert-OH is 1. The van der Waals surface area contributed by atoms with Crippen molar-refractivity contribution in [2.45, 2.75) is 37.3 Å². The van der Waals surface area contributed by atoms with Crippen LogP contribution < -0.4 is 0 Å². The van der Waals surface area contributed by atoms with Crippen LogP contribution >= 0.6 is 0 Å². The Bertz CT molecular complexity index is 378. The van der Waals surface area contributed by atoms with Gasteiger partial charge in [-0.25, -0.2) is 0 Å². The Morgan fingerprint density at radius 2 is 2.00 bits per heavy atom. The maximum absolute atomic E-state index is 9.73. The first-order valence-electron chi connectivity index (χ1n) is 6.69. The molecule has 4 atom stereocenters. The highest BCUT2D eigenvalue weighted by molar-refractivity contribution is 5.23. The molecule has 0 amide bonds. The Morgan fingerprint density at radius 1 is 1.24 bits per heavy atom. The topological polar surface area (TPSA) is 23.5 Å². The molecule has 0 aromatic heterocycles. The zero-order valence-corrected chi connectivity index (χ0v) is 10.4. The molecule has 0 radical (unpaired) electrons. The summed E-state index contributed by atoms with van der Waals surface area (Å²) in [5, 5.41) is 9.73. The average molecular weight is 231 g/mol. The first-order chi connectivity index (χ1) is 8.31. The number of rotatable bonds is 2. The van der Waals surface area contributed by atoms with Crippen molar-refractivity contribution in [3.05, 3.63) is 35.9 Å². The summed E-state index contributed by atoms with van der Waals surface area (Å²) < 4.78 is 0. The number of benzene rings is 1. The summed E-state index contributed by atoms with van der Waals surface area (Å²) in [6.07, 6.45) is 3.78. The van der Waals surface area contributed by atoms with E-state index in [2.05, 4.69) is 42.3 Å². The number of nitrogens with zero attached hydrogens (tertiary/aromatic N) is 1. The smallest absolute Gasteiger partial charge is 0.0480 e. The van der Waals surface area contributed by atoms with E-state index in [9.17, 15) is 5.11 Å². The third-order valence-corrected chi connectivity index (χ3v) is 4.87. The Morgan fingerprint density at radius 3 is 2.71 bits per heavy atom. The largest absolute Gasteiger partial charge is 0.396 e. The molecule has 3 unspecified atom stereocenters. The predicted molar refractivity (Wildman–Crippen MR) is 68.9 cm³/mol. The highest BCUT2D eigenvalue weighted by Gasteiger charge is 2.45. The van der Waals surface area contributed by atoms with Gasteiger partial charge in [0.05, 0.1) is 0 Å². The van der Waals surface area contributed by atoms with E-state index in [1.165, 1.54) is 24.8 Å². The first-order valence-corrected chi connectivity index (χ1v) is 6.69. The lowest BCUT2D eigenvalue weighted by atomic mass is 9.76. The molecule has 2 aliphatic rings. The van der Waals surface area contributed by atoms with Gasteiger partial charge < -0.3 is 10.0 Å². The fourth-order valence-corrected chi connectivity index (χ4v) is 3.91. The molecule has 2 aliphatic heterocycles. The molecular weight excluding hydrogens is 210 g/mol. The quantitative estimate of drug-likeness (QED) is 0.844. The highest BCUT2D eigenvalue weighted by atomic mass is 16.3. The zero-order chi connectivity index (χ0) is 11.8. The summed E-state index contributed by atoms with van der Waals surface area (Å²) in [6, 6.07) is 12.1. The van der Waals surface area contributed by atoms with Crippen molar-refractivity contribution >= 4 is 0 Å². The zero-order valence-electron chi connectivity index (χ0n) is 10.4. The molecule has 2 bridgehead atoms. The fourth-order valence-electron chi connectivity index (χ4n) is 3.91. The van der Waals surface area contributed by atoms with Gasteiger partial charge in [0.25, 0.3) is 0 Å². The van der Waals surface area contributed by atoms with E-state index in [1.807, 2.05) is 0 Å². The summed E-state index contributed by atoms with van der Waals surface area (Å²) >= 11 is 0. The van der Waals surface area contributed by atoms with Crippen LogP contribution in [0.25, 0.3) is 0 Å². The van der Waals surface area contributed by atoms with Crippen molar-refractivity contribution in [3.8, 4) is 0 Å². The molecule has 0 spiro atoms. The highest BCUT2D eigenvalue weighted by Crippen LogP contribution is 2.45. The normalized spacial score (nSPS) is 37.3. The van der Waals surface area contributed by atoms with E-state index in [1.54, 1.807) is 0 Å². The van der Waals surface area contributed by atoms with E-state index < -0.39 is 0 Å². The molecule has 2 nitrogen and oxygen atoms in total. The maximum atomic E-state index is 9.73. The summed E-state index contributed by atoms with van der Waals surface area (Å²) in [5.41, 5.74) is 1.41. The predicted octanol–water partition coefficient (Wildman–Crippen LogP) is 2.25. The Kier molecular flexibility index (Phi) is 2.93. The molecule has 2 heterocycles. The van der Waals surface area contributed by atoms with E-state index in [-0.39, 0.29) is 0 Å². The van der Waals surface area contributed by atoms with Crippen LogP contribution in [0.1, 0.15) is 30.7 Å². The average Bonchev–Trinajstić information content (AvgIpc) is 2.64. The summed E-state index contributed by atoms with van der Waals surface area (Å²) in [5.74, 6) is 0.969. The lowest BCUT2D eigenvalue weighted by Crippen LogP contribution is -2.47. The number of hydrogen-bond acceptors (Lipinski definition) is 2. The van der Waals surface area contributed by atoms with E-state index >= 15 is 0 Å². The molecule has 0 aliphatic carbocycles. The van der Waals surface area contributed by atoms with Gasteiger partial charge >= 0.3 is 0 Å². The third kappa shape index (κ3) is 1.80. The number of piperidine rings is 1. The molecule has 1 aromatic carbocycles. The molecule has 3 rings (SSSR count). The second-order valence-electron chi connectivity index (χ2n) is 5.56. The van der Waals surface area contributed by atoms with Gasteiger partial charge in [-0.1, -0.05) is 30.3 Å². The number of aliphatic hydroxyl groups is 1. The van der Waals surface area contributed by atoms with Crippen molar-refractivity contribution in [3.63, 3.8) is 0 Å². The second kappa shape index (κ2) is 4.43. The minimum atomic E-state index is 0.321. The molecule has 0 saturated carbocycles. The summed E-state index contributed by atoms with van der Waals surface area (Å²) in [6.45, 7) is 0.321. The third-order valence-electron chi connectivity index (χ3n) is 4.87.